The first-order chi connectivity index (χ1) is 13.9. The van der Waals surface area contributed by atoms with Gasteiger partial charge in [0, 0.05) is 31.6 Å². The second kappa shape index (κ2) is 6.86. The summed E-state index contributed by atoms with van der Waals surface area (Å²) in [5.41, 5.74) is -1.30. The third-order valence-corrected chi connectivity index (χ3v) is 6.65. The molecule has 0 radical (unpaired) electrons. The smallest absolute Gasteiger partial charge is 0.231 e. The van der Waals surface area contributed by atoms with Gasteiger partial charge in [0.1, 0.15) is 11.7 Å². The van der Waals surface area contributed by atoms with Crippen molar-refractivity contribution in [3.8, 4) is 17.2 Å². The number of hydrogen-bond donors (Lipinski definition) is 1. The number of benzene rings is 1. The maximum Gasteiger partial charge on any atom is 0.231 e. The monoisotopic (exact) mass is 402 g/mol. The van der Waals surface area contributed by atoms with Crippen molar-refractivity contribution in [2.24, 2.45) is 5.92 Å². The molecule has 1 heterocycles. The number of aliphatic hydroxyl groups excluding tert-OH is 1. The van der Waals surface area contributed by atoms with Crippen LogP contribution in [0.25, 0.3) is 0 Å². The molecule has 0 spiro atoms. The molecule has 156 valence electrons. The first-order valence-electron chi connectivity index (χ1n) is 9.54. The number of ketones is 1. The molecule has 0 saturated heterocycles. The molecule has 7 heteroatoms. The van der Waals surface area contributed by atoms with Crippen molar-refractivity contribution in [2.75, 3.05) is 28.1 Å². The van der Waals surface area contributed by atoms with Crippen LogP contribution in [0.1, 0.15) is 24.8 Å². The van der Waals surface area contributed by atoms with Crippen molar-refractivity contribution in [3.05, 3.63) is 42.0 Å². The number of ether oxygens (including phenoxy) is 5. The largest absolute Gasteiger partial charge is 0.493 e. The van der Waals surface area contributed by atoms with Gasteiger partial charge in [0.2, 0.25) is 12.5 Å². The molecular weight excluding hydrogens is 376 g/mol. The Morgan fingerprint density at radius 1 is 1.28 bits per heavy atom. The first kappa shape index (κ1) is 19.9. The van der Waals surface area contributed by atoms with Crippen molar-refractivity contribution in [1.82, 2.24) is 0 Å². The average molecular weight is 402 g/mol. The van der Waals surface area contributed by atoms with Crippen LogP contribution < -0.4 is 14.2 Å². The van der Waals surface area contributed by atoms with Gasteiger partial charge in [0.05, 0.1) is 7.11 Å². The van der Waals surface area contributed by atoms with E-state index in [1.54, 1.807) is 26.4 Å². The number of allylic oxidation sites excluding steroid dienone is 1. The zero-order chi connectivity index (χ0) is 21.0. The van der Waals surface area contributed by atoms with E-state index in [2.05, 4.69) is 6.58 Å². The molecule has 1 N–H and O–H groups in total. The summed E-state index contributed by atoms with van der Waals surface area (Å²) in [6.45, 7) is 5.80. The summed E-state index contributed by atoms with van der Waals surface area (Å²) in [5, 5.41) is 11.4. The fourth-order valence-corrected chi connectivity index (χ4v) is 5.31. The van der Waals surface area contributed by atoms with Gasteiger partial charge in [-0.25, -0.2) is 0 Å². The Labute approximate surface area is 169 Å². The van der Waals surface area contributed by atoms with E-state index in [4.69, 9.17) is 23.7 Å². The predicted octanol–water partition coefficient (Wildman–Crippen LogP) is 2.37. The van der Waals surface area contributed by atoms with Gasteiger partial charge in [0.25, 0.3) is 0 Å². The second-order valence-electron chi connectivity index (χ2n) is 7.67. The molecule has 2 bridgehead atoms. The topological polar surface area (TPSA) is 83.5 Å². The van der Waals surface area contributed by atoms with Crippen LogP contribution in [0.2, 0.25) is 0 Å². The SMILES string of the molecule is C=CCC1=C[C@]2(OC)[C@H](C)[C@@H](c3cc(OC)c4c(c3)OCO4)[C@](OC)(C1=O)[C@@H]2O. The molecular formula is C22H26O7. The van der Waals surface area contributed by atoms with Gasteiger partial charge in [-0.15, -0.1) is 6.58 Å². The summed E-state index contributed by atoms with van der Waals surface area (Å²) in [7, 11) is 4.54. The van der Waals surface area contributed by atoms with Crippen LogP contribution in [0.5, 0.6) is 17.2 Å². The summed E-state index contributed by atoms with van der Waals surface area (Å²) in [4.78, 5) is 13.6. The van der Waals surface area contributed by atoms with Crippen molar-refractivity contribution >= 4 is 5.78 Å². The number of methoxy groups -OCH3 is 3. The summed E-state index contributed by atoms with van der Waals surface area (Å²) in [6, 6.07) is 3.64. The minimum atomic E-state index is -1.50. The van der Waals surface area contributed by atoms with Crippen LogP contribution in [0.4, 0.5) is 0 Å². The molecule has 29 heavy (non-hydrogen) atoms. The molecule has 3 aliphatic rings. The van der Waals surface area contributed by atoms with Crippen molar-refractivity contribution in [3.63, 3.8) is 0 Å². The van der Waals surface area contributed by atoms with E-state index in [1.807, 2.05) is 19.1 Å². The number of fused-ring (bicyclic) bond motifs is 3. The Balaban J connectivity index is 1.94. The van der Waals surface area contributed by atoms with Gasteiger partial charge in [0.15, 0.2) is 22.9 Å². The van der Waals surface area contributed by atoms with Gasteiger partial charge in [-0.2, -0.15) is 0 Å². The van der Waals surface area contributed by atoms with E-state index in [-0.39, 0.29) is 18.5 Å². The lowest BCUT2D eigenvalue weighted by Gasteiger charge is -2.41. The van der Waals surface area contributed by atoms with Gasteiger partial charge in [-0.05, 0) is 30.2 Å². The maximum absolute atomic E-state index is 13.6. The van der Waals surface area contributed by atoms with E-state index >= 15 is 0 Å². The van der Waals surface area contributed by atoms with Gasteiger partial charge in [-0.1, -0.05) is 13.0 Å². The molecule has 1 aromatic rings. The molecule has 1 aliphatic heterocycles. The van der Waals surface area contributed by atoms with E-state index in [1.165, 1.54) is 7.11 Å². The normalized spacial score (nSPS) is 34.9. The zero-order valence-corrected chi connectivity index (χ0v) is 17.1. The number of Topliss-reactive ketones (excluding diaryl/α,β-unsaturated/α-hetero) is 1. The highest BCUT2D eigenvalue weighted by molar-refractivity contribution is 6.06. The first-order valence-corrected chi connectivity index (χ1v) is 9.54. The number of carbonyl (C=O) groups excluding carboxylic acids is 1. The molecule has 5 atom stereocenters. The molecule has 7 nitrogen and oxygen atoms in total. The predicted molar refractivity (Wildman–Crippen MR) is 104 cm³/mol. The number of hydrogen-bond acceptors (Lipinski definition) is 7. The second-order valence-corrected chi connectivity index (χ2v) is 7.67. The summed E-state index contributed by atoms with van der Waals surface area (Å²) >= 11 is 0. The van der Waals surface area contributed by atoms with Crippen LogP contribution in [-0.4, -0.2) is 56.3 Å². The van der Waals surface area contributed by atoms with Crippen LogP contribution in [0.3, 0.4) is 0 Å². The van der Waals surface area contributed by atoms with Gasteiger partial charge < -0.3 is 28.8 Å². The Hall–Kier alpha value is -2.35. The number of rotatable bonds is 6. The summed E-state index contributed by atoms with van der Waals surface area (Å²) in [6.07, 6.45) is 2.60. The van der Waals surface area contributed by atoms with Gasteiger partial charge in [-0.3, -0.25) is 4.79 Å². The van der Waals surface area contributed by atoms with E-state index in [0.717, 1.165) is 5.56 Å². The fourth-order valence-electron chi connectivity index (χ4n) is 5.31. The molecule has 0 aromatic heterocycles. The minimum Gasteiger partial charge on any atom is -0.493 e. The highest BCUT2D eigenvalue weighted by atomic mass is 16.7. The Morgan fingerprint density at radius 3 is 2.66 bits per heavy atom. The lowest BCUT2D eigenvalue weighted by Crippen LogP contribution is -2.60. The van der Waals surface area contributed by atoms with E-state index < -0.39 is 23.2 Å². The van der Waals surface area contributed by atoms with E-state index in [0.29, 0.717) is 29.2 Å². The molecule has 4 rings (SSSR count). The van der Waals surface area contributed by atoms with E-state index in [9.17, 15) is 9.90 Å². The fraction of sp³-hybridized carbons (Fsp3) is 0.500. The van der Waals surface area contributed by atoms with Gasteiger partial charge >= 0.3 is 0 Å². The number of carbonyl (C=O) groups is 1. The Bertz CT molecular complexity index is 891. The Morgan fingerprint density at radius 2 is 2.03 bits per heavy atom. The highest BCUT2D eigenvalue weighted by Gasteiger charge is 2.72. The lowest BCUT2D eigenvalue weighted by molar-refractivity contribution is -0.169. The zero-order valence-electron chi connectivity index (χ0n) is 17.1. The van der Waals surface area contributed by atoms with Crippen molar-refractivity contribution in [1.29, 1.82) is 0 Å². The highest BCUT2D eigenvalue weighted by Crippen LogP contribution is 2.61. The molecule has 2 aliphatic carbocycles. The molecule has 1 saturated carbocycles. The lowest BCUT2D eigenvalue weighted by atomic mass is 9.74. The molecule has 0 unspecified atom stereocenters. The molecule has 0 amide bonds. The summed E-state index contributed by atoms with van der Waals surface area (Å²) < 4.78 is 28.3. The van der Waals surface area contributed by atoms with Crippen LogP contribution in [0.15, 0.2) is 36.4 Å². The van der Waals surface area contributed by atoms with Crippen molar-refractivity contribution in [2.45, 2.75) is 36.6 Å². The van der Waals surface area contributed by atoms with Crippen LogP contribution >= 0.6 is 0 Å². The summed E-state index contributed by atoms with van der Waals surface area (Å²) in [5.74, 6) is 0.520. The average Bonchev–Trinajstić information content (AvgIpc) is 3.25. The molecule has 1 fully saturated rings. The van der Waals surface area contributed by atoms with Crippen LogP contribution in [0, 0.1) is 5.92 Å². The van der Waals surface area contributed by atoms with Crippen molar-refractivity contribution < 1.29 is 33.6 Å². The van der Waals surface area contributed by atoms with Crippen LogP contribution in [-0.2, 0) is 14.3 Å². The maximum atomic E-state index is 13.6. The number of aliphatic hydroxyl groups is 1. The molecule has 1 aromatic carbocycles. The third kappa shape index (κ3) is 2.38. The quantitative estimate of drug-likeness (QED) is 0.732. The Kier molecular flexibility index (Phi) is 4.72. The minimum absolute atomic E-state index is 0.0966. The third-order valence-electron chi connectivity index (χ3n) is 6.65. The standard InChI is InChI=1S/C22H26O7/c1-6-7-13-10-21(26-4)12(2)17(22(27-5,19(13)23)20(21)24)14-8-15(25-3)18-16(9-14)28-11-29-18/h6,8-10,12,17,20,24H,1,7,11H2,2-5H3/t12-,17+,20-,21+,22+/m1/s1.